The first kappa shape index (κ1) is 16.5. The fourth-order valence-electron chi connectivity index (χ4n) is 3.05. The standard InChI is InChI=1S/C20H16ClN3O2/c21-17-9-15(6-3-13(17)11-22)25-16-7-8-19-18(10-16)24-20(26-19)12-1-4-14(23)5-2-12/h1-6,9,16H,7-8,10,23H2/t16-/m1/s1. The number of halogens is 1. The smallest absolute Gasteiger partial charge is 0.226 e. The molecule has 3 aromatic rings. The summed E-state index contributed by atoms with van der Waals surface area (Å²) in [4.78, 5) is 4.63. The molecule has 0 fully saturated rings. The van der Waals surface area contributed by atoms with Crippen LogP contribution in [0.5, 0.6) is 5.75 Å². The third-order valence-electron chi connectivity index (χ3n) is 4.41. The number of fused-ring (bicyclic) bond motifs is 1. The van der Waals surface area contributed by atoms with E-state index in [1.165, 1.54) is 0 Å². The first-order chi connectivity index (χ1) is 12.6. The highest BCUT2D eigenvalue weighted by atomic mass is 35.5. The van der Waals surface area contributed by atoms with Gasteiger partial charge in [0.05, 0.1) is 16.3 Å². The molecule has 0 amide bonds. The third-order valence-corrected chi connectivity index (χ3v) is 4.73. The molecule has 4 rings (SSSR count). The molecule has 0 unspecified atom stereocenters. The van der Waals surface area contributed by atoms with Crippen LogP contribution in [0.15, 0.2) is 46.9 Å². The number of benzene rings is 2. The molecule has 2 N–H and O–H groups in total. The zero-order valence-electron chi connectivity index (χ0n) is 13.9. The lowest BCUT2D eigenvalue weighted by Crippen LogP contribution is -2.25. The topological polar surface area (TPSA) is 85.1 Å². The van der Waals surface area contributed by atoms with Crippen LogP contribution in [0.2, 0.25) is 5.02 Å². The lowest BCUT2D eigenvalue weighted by molar-refractivity contribution is 0.179. The fourth-order valence-corrected chi connectivity index (χ4v) is 3.26. The Kier molecular flexibility index (Phi) is 4.27. The molecule has 0 bridgehead atoms. The number of anilines is 1. The van der Waals surface area contributed by atoms with Crippen LogP contribution in [0.25, 0.3) is 11.5 Å². The van der Waals surface area contributed by atoms with Gasteiger partial charge in [0, 0.05) is 30.2 Å². The summed E-state index contributed by atoms with van der Waals surface area (Å²) < 4.78 is 11.9. The molecule has 1 aliphatic rings. The van der Waals surface area contributed by atoms with Gasteiger partial charge in [-0.2, -0.15) is 5.26 Å². The number of oxazole rings is 1. The van der Waals surface area contributed by atoms with Crippen molar-refractivity contribution >= 4 is 17.3 Å². The number of nitrogens with zero attached hydrogens (tertiary/aromatic N) is 2. The lowest BCUT2D eigenvalue weighted by Gasteiger charge is -2.22. The third kappa shape index (κ3) is 3.24. The summed E-state index contributed by atoms with van der Waals surface area (Å²) in [6.45, 7) is 0. The van der Waals surface area contributed by atoms with Crippen molar-refractivity contribution < 1.29 is 9.15 Å². The molecule has 1 aliphatic carbocycles. The molecule has 1 atom stereocenters. The first-order valence-corrected chi connectivity index (χ1v) is 8.71. The molecular formula is C20H16ClN3O2. The Morgan fingerprint density at radius 3 is 2.77 bits per heavy atom. The molecular weight excluding hydrogens is 350 g/mol. The van der Waals surface area contributed by atoms with E-state index in [4.69, 9.17) is 31.8 Å². The number of aromatic nitrogens is 1. The number of nitrogens with two attached hydrogens (primary N) is 1. The Balaban J connectivity index is 1.50. The van der Waals surface area contributed by atoms with Crippen molar-refractivity contribution in [3.8, 4) is 23.3 Å². The van der Waals surface area contributed by atoms with E-state index < -0.39 is 0 Å². The minimum atomic E-state index is -0.00382. The van der Waals surface area contributed by atoms with Crippen LogP contribution < -0.4 is 10.5 Å². The van der Waals surface area contributed by atoms with Crippen LogP contribution in [-0.4, -0.2) is 11.1 Å². The molecule has 0 saturated heterocycles. The number of nitriles is 1. The van der Waals surface area contributed by atoms with Gasteiger partial charge in [0.15, 0.2) is 0 Å². The molecule has 26 heavy (non-hydrogen) atoms. The molecule has 130 valence electrons. The Morgan fingerprint density at radius 1 is 1.23 bits per heavy atom. The molecule has 2 aromatic carbocycles. The van der Waals surface area contributed by atoms with Crippen molar-refractivity contribution in [2.24, 2.45) is 0 Å². The van der Waals surface area contributed by atoms with Gasteiger partial charge in [0.1, 0.15) is 23.7 Å². The maximum Gasteiger partial charge on any atom is 0.226 e. The maximum absolute atomic E-state index is 8.95. The van der Waals surface area contributed by atoms with E-state index in [2.05, 4.69) is 4.98 Å². The molecule has 0 saturated carbocycles. The maximum atomic E-state index is 8.95. The number of aryl methyl sites for hydroxylation is 1. The van der Waals surface area contributed by atoms with Crippen LogP contribution in [0, 0.1) is 11.3 Å². The summed E-state index contributed by atoms with van der Waals surface area (Å²) >= 11 is 6.07. The molecule has 5 nitrogen and oxygen atoms in total. The van der Waals surface area contributed by atoms with E-state index in [1.807, 2.05) is 30.3 Å². The van der Waals surface area contributed by atoms with Gasteiger partial charge < -0.3 is 14.9 Å². The Hall–Kier alpha value is -2.97. The van der Waals surface area contributed by atoms with Crippen molar-refractivity contribution in [2.45, 2.75) is 25.4 Å². The quantitative estimate of drug-likeness (QED) is 0.696. The summed E-state index contributed by atoms with van der Waals surface area (Å²) in [5.41, 5.74) is 8.71. The number of nitrogen functional groups attached to an aromatic ring is 1. The van der Waals surface area contributed by atoms with Crippen LogP contribution in [0.4, 0.5) is 5.69 Å². The highest BCUT2D eigenvalue weighted by molar-refractivity contribution is 6.31. The second kappa shape index (κ2) is 6.74. The van der Waals surface area contributed by atoms with E-state index in [-0.39, 0.29) is 6.10 Å². The van der Waals surface area contributed by atoms with Crippen molar-refractivity contribution in [3.05, 3.63) is 64.5 Å². The van der Waals surface area contributed by atoms with Gasteiger partial charge in [-0.15, -0.1) is 0 Å². The number of hydrogen-bond donors (Lipinski definition) is 1. The highest BCUT2D eigenvalue weighted by Gasteiger charge is 2.26. The minimum Gasteiger partial charge on any atom is -0.490 e. The molecule has 6 heteroatoms. The monoisotopic (exact) mass is 365 g/mol. The Bertz CT molecular complexity index is 989. The SMILES string of the molecule is N#Cc1ccc(O[C@@H]2CCc3oc(-c4ccc(N)cc4)nc3C2)cc1Cl. The Labute approximate surface area is 156 Å². The summed E-state index contributed by atoms with van der Waals surface area (Å²) in [6.07, 6.45) is 2.27. The minimum absolute atomic E-state index is 0.00382. The van der Waals surface area contributed by atoms with Gasteiger partial charge >= 0.3 is 0 Å². The average Bonchev–Trinajstić information content (AvgIpc) is 3.06. The van der Waals surface area contributed by atoms with Crippen molar-refractivity contribution in [3.63, 3.8) is 0 Å². The van der Waals surface area contributed by atoms with Crippen LogP contribution >= 0.6 is 11.6 Å². The largest absolute Gasteiger partial charge is 0.490 e. The van der Waals surface area contributed by atoms with E-state index in [1.54, 1.807) is 18.2 Å². The normalized spacial score (nSPS) is 15.9. The van der Waals surface area contributed by atoms with Gasteiger partial charge in [0.2, 0.25) is 5.89 Å². The van der Waals surface area contributed by atoms with Crippen LogP contribution in [0.3, 0.4) is 0 Å². The predicted molar refractivity (Wildman–Crippen MR) is 99.0 cm³/mol. The van der Waals surface area contributed by atoms with E-state index in [0.717, 1.165) is 29.9 Å². The average molecular weight is 366 g/mol. The lowest BCUT2D eigenvalue weighted by atomic mass is 9.99. The second-order valence-corrected chi connectivity index (χ2v) is 6.65. The zero-order valence-corrected chi connectivity index (χ0v) is 14.7. The first-order valence-electron chi connectivity index (χ1n) is 8.33. The Morgan fingerprint density at radius 2 is 2.04 bits per heavy atom. The number of ether oxygens (including phenoxy) is 1. The second-order valence-electron chi connectivity index (χ2n) is 6.25. The van der Waals surface area contributed by atoms with Crippen LogP contribution in [-0.2, 0) is 12.8 Å². The van der Waals surface area contributed by atoms with Crippen molar-refractivity contribution in [1.82, 2.24) is 4.98 Å². The molecule has 0 aliphatic heterocycles. The molecule has 1 heterocycles. The van der Waals surface area contributed by atoms with Gasteiger partial charge in [0.25, 0.3) is 0 Å². The van der Waals surface area contributed by atoms with E-state index >= 15 is 0 Å². The fraction of sp³-hybridized carbons (Fsp3) is 0.200. The van der Waals surface area contributed by atoms with Gasteiger partial charge in [-0.3, -0.25) is 0 Å². The predicted octanol–water partition coefficient (Wildman–Crippen LogP) is 4.39. The summed E-state index contributed by atoms with van der Waals surface area (Å²) in [7, 11) is 0. The van der Waals surface area contributed by atoms with Crippen molar-refractivity contribution in [2.75, 3.05) is 5.73 Å². The van der Waals surface area contributed by atoms with Crippen molar-refractivity contribution in [1.29, 1.82) is 5.26 Å². The van der Waals surface area contributed by atoms with Gasteiger partial charge in [-0.25, -0.2) is 4.98 Å². The molecule has 0 radical (unpaired) electrons. The van der Waals surface area contributed by atoms with E-state index in [9.17, 15) is 0 Å². The molecule has 1 aromatic heterocycles. The van der Waals surface area contributed by atoms with Crippen LogP contribution in [0.1, 0.15) is 23.4 Å². The number of rotatable bonds is 3. The summed E-state index contributed by atoms with van der Waals surface area (Å²) in [5.74, 6) is 2.18. The summed E-state index contributed by atoms with van der Waals surface area (Å²) in [5, 5.41) is 9.35. The van der Waals surface area contributed by atoms with E-state index in [0.29, 0.717) is 34.3 Å². The summed E-state index contributed by atoms with van der Waals surface area (Å²) in [6, 6.07) is 14.6. The number of hydrogen-bond acceptors (Lipinski definition) is 5. The molecule has 0 spiro atoms. The zero-order chi connectivity index (χ0) is 18.1. The highest BCUT2D eigenvalue weighted by Crippen LogP contribution is 2.30. The van der Waals surface area contributed by atoms with Gasteiger partial charge in [-0.05, 0) is 42.8 Å². The van der Waals surface area contributed by atoms with Gasteiger partial charge in [-0.1, -0.05) is 11.6 Å².